The van der Waals surface area contributed by atoms with E-state index in [9.17, 15) is 0 Å². The summed E-state index contributed by atoms with van der Waals surface area (Å²) in [5, 5.41) is 3.35. The van der Waals surface area contributed by atoms with Gasteiger partial charge < -0.3 is 9.88 Å². The molecule has 1 unspecified atom stereocenters. The van der Waals surface area contributed by atoms with Gasteiger partial charge in [-0.1, -0.05) is 25.1 Å². The Bertz CT molecular complexity index is 516. The van der Waals surface area contributed by atoms with E-state index in [1.165, 1.54) is 22.3 Å². The Labute approximate surface area is 116 Å². The van der Waals surface area contributed by atoms with Gasteiger partial charge in [-0.15, -0.1) is 0 Å². The van der Waals surface area contributed by atoms with E-state index in [0.29, 0.717) is 6.04 Å². The molecule has 2 rings (SSSR count). The molecule has 0 radical (unpaired) electrons. The number of aryl methyl sites for hydroxylation is 2. The number of aromatic nitrogens is 1. The Hall–Kier alpha value is -1.54. The molecule has 0 aliphatic carbocycles. The van der Waals surface area contributed by atoms with Crippen molar-refractivity contribution in [3.63, 3.8) is 0 Å². The molecule has 0 bridgehead atoms. The minimum absolute atomic E-state index is 0.458. The highest BCUT2D eigenvalue weighted by Gasteiger charge is 2.09. The molecule has 1 aromatic carbocycles. The maximum absolute atomic E-state index is 3.35. The van der Waals surface area contributed by atoms with Crippen LogP contribution in [-0.4, -0.2) is 11.6 Å². The predicted molar refractivity (Wildman–Crippen MR) is 81.5 cm³/mol. The SMILES string of the molecule is CCC(NC)c1ccn(Cc2c(C)cccc2C)c1. The molecule has 2 aromatic rings. The van der Waals surface area contributed by atoms with Crippen LogP contribution in [0.3, 0.4) is 0 Å². The van der Waals surface area contributed by atoms with Crippen LogP contribution in [-0.2, 0) is 6.54 Å². The summed E-state index contributed by atoms with van der Waals surface area (Å²) >= 11 is 0. The molecule has 2 heteroatoms. The fraction of sp³-hybridized carbons (Fsp3) is 0.412. The van der Waals surface area contributed by atoms with E-state index in [1.807, 2.05) is 7.05 Å². The number of hydrogen-bond donors (Lipinski definition) is 1. The lowest BCUT2D eigenvalue weighted by Gasteiger charge is -2.12. The minimum atomic E-state index is 0.458. The van der Waals surface area contributed by atoms with Gasteiger partial charge in [-0.2, -0.15) is 0 Å². The summed E-state index contributed by atoms with van der Waals surface area (Å²) in [6.45, 7) is 7.55. The van der Waals surface area contributed by atoms with Crippen molar-refractivity contribution >= 4 is 0 Å². The summed E-state index contributed by atoms with van der Waals surface area (Å²) in [6, 6.07) is 9.19. The number of hydrogen-bond acceptors (Lipinski definition) is 1. The third-order valence-electron chi connectivity index (χ3n) is 3.92. The van der Waals surface area contributed by atoms with Gasteiger partial charge in [0, 0.05) is 25.0 Å². The molecular formula is C17H24N2. The molecule has 2 nitrogen and oxygen atoms in total. The lowest BCUT2D eigenvalue weighted by molar-refractivity contribution is 0.575. The number of rotatable bonds is 5. The monoisotopic (exact) mass is 256 g/mol. The van der Waals surface area contributed by atoms with Crippen LogP contribution in [0.5, 0.6) is 0 Å². The zero-order valence-electron chi connectivity index (χ0n) is 12.4. The fourth-order valence-corrected chi connectivity index (χ4v) is 2.65. The van der Waals surface area contributed by atoms with Crippen LogP contribution >= 0.6 is 0 Å². The Morgan fingerprint density at radius 1 is 1.16 bits per heavy atom. The topological polar surface area (TPSA) is 17.0 Å². The van der Waals surface area contributed by atoms with E-state index in [2.05, 4.69) is 67.3 Å². The molecule has 1 N–H and O–H groups in total. The number of nitrogens with zero attached hydrogens (tertiary/aromatic N) is 1. The normalized spacial score (nSPS) is 12.6. The first-order valence-corrected chi connectivity index (χ1v) is 7.03. The van der Waals surface area contributed by atoms with E-state index in [-0.39, 0.29) is 0 Å². The van der Waals surface area contributed by atoms with E-state index >= 15 is 0 Å². The highest BCUT2D eigenvalue weighted by molar-refractivity contribution is 5.34. The summed E-state index contributed by atoms with van der Waals surface area (Å²) in [5.41, 5.74) is 5.55. The average molecular weight is 256 g/mol. The average Bonchev–Trinajstić information content (AvgIpc) is 2.84. The highest BCUT2D eigenvalue weighted by atomic mass is 15.0. The van der Waals surface area contributed by atoms with Gasteiger partial charge >= 0.3 is 0 Å². The first-order valence-electron chi connectivity index (χ1n) is 7.03. The molecule has 1 heterocycles. The Morgan fingerprint density at radius 3 is 2.42 bits per heavy atom. The molecule has 0 fully saturated rings. The molecular weight excluding hydrogens is 232 g/mol. The molecule has 0 spiro atoms. The van der Waals surface area contributed by atoms with Crippen molar-refractivity contribution in [1.82, 2.24) is 9.88 Å². The molecule has 0 aliphatic heterocycles. The third-order valence-corrected chi connectivity index (χ3v) is 3.92. The fourth-order valence-electron chi connectivity index (χ4n) is 2.65. The summed E-state index contributed by atoms with van der Waals surface area (Å²) in [4.78, 5) is 0. The maximum Gasteiger partial charge on any atom is 0.0475 e. The van der Waals surface area contributed by atoms with Crippen molar-refractivity contribution in [2.75, 3.05) is 7.05 Å². The van der Waals surface area contributed by atoms with Crippen molar-refractivity contribution in [3.05, 3.63) is 58.9 Å². The summed E-state index contributed by atoms with van der Waals surface area (Å²) in [5.74, 6) is 0. The van der Waals surface area contributed by atoms with Crippen LogP contribution in [0.25, 0.3) is 0 Å². The van der Waals surface area contributed by atoms with Gasteiger partial charge in [-0.25, -0.2) is 0 Å². The third kappa shape index (κ3) is 3.07. The van der Waals surface area contributed by atoms with Gasteiger partial charge in [0.1, 0.15) is 0 Å². The predicted octanol–water partition coefficient (Wildman–Crippen LogP) is 3.82. The minimum Gasteiger partial charge on any atom is -0.350 e. The summed E-state index contributed by atoms with van der Waals surface area (Å²) in [6.07, 6.45) is 5.56. The molecule has 102 valence electrons. The summed E-state index contributed by atoms with van der Waals surface area (Å²) in [7, 11) is 2.02. The van der Waals surface area contributed by atoms with Crippen LogP contribution in [0.15, 0.2) is 36.7 Å². The van der Waals surface area contributed by atoms with Crippen molar-refractivity contribution in [2.24, 2.45) is 0 Å². The lowest BCUT2D eigenvalue weighted by Crippen LogP contribution is -2.14. The second-order valence-electron chi connectivity index (χ2n) is 5.24. The van der Waals surface area contributed by atoms with Gasteiger partial charge in [0.15, 0.2) is 0 Å². The van der Waals surface area contributed by atoms with Crippen molar-refractivity contribution < 1.29 is 0 Å². The van der Waals surface area contributed by atoms with E-state index in [0.717, 1.165) is 13.0 Å². The van der Waals surface area contributed by atoms with Crippen molar-refractivity contribution in [3.8, 4) is 0 Å². The zero-order valence-corrected chi connectivity index (χ0v) is 12.4. The van der Waals surface area contributed by atoms with Crippen LogP contribution < -0.4 is 5.32 Å². The molecule has 19 heavy (non-hydrogen) atoms. The Balaban J connectivity index is 2.20. The molecule has 0 aliphatic rings. The quantitative estimate of drug-likeness (QED) is 0.860. The van der Waals surface area contributed by atoms with E-state index in [4.69, 9.17) is 0 Å². The first-order chi connectivity index (χ1) is 9.15. The Morgan fingerprint density at radius 2 is 1.84 bits per heavy atom. The largest absolute Gasteiger partial charge is 0.350 e. The smallest absolute Gasteiger partial charge is 0.0475 e. The van der Waals surface area contributed by atoms with Gasteiger partial charge in [0.2, 0.25) is 0 Å². The van der Waals surface area contributed by atoms with Crippen LogP contribution in [0, 0.1) is 13.8 Å². The maximum atomic E-state index is 3.35. The second-order valence-corrected chi connectivity index (χ2v) is 5.24. The number of nitrogens with one attached hydrogen (secondary N) is 1. The Kier molecular flexibility index (Phi) is 4.43. The number of benzene rings is 1. The standard InChI is InChI=1S/C17H24N2/c1-5-17(18-4)15-9-10-19(11-15)12-16-13(2)7-6-8-14(16)3/h6-11,17-18H,5,12H2,1-4H3. The van der Waals surface area contributed by atoms with Gasteiger partial charge in [-0.3, -0.25) is 0 Å². The van der Waals surface area contributed by atoms with E-state index in [1.54, 1.807) is 0 Å². The van der Waals surface area contributed by atoms with Crippen LogP contribution in [0.4, 0.5) is 0 Å². The molecule has 1 aromatic heterocycles. The molecule has 1 atom stereocenters. The van der Waals surface area contributed by atoms with Gasteiger partial charge in [-0.05, 0) is 55.6 Å². The van der Waals surface area contributed by atoms with Crippen LogP contribution in [0.1, 0.15) is 41.6 Å². The summed E-state index contributed by atoms with van der Waals surface area (Å²) < 4.78 is 2.28. The van der Waals surface area contributed by atoms with Crippen LogP contribution in [0.2, 0.25) is 0 Å². The lowest BCUT2D eigenvalue weighted by atomic mass is 10.0. The van der Waals surface area contributed by atoms with Gasteiger partial charge in [0.25, 0.3) is 0 Å². The zero-order chi connectivity index (χ0) is 13.8. The van der Waals surface area contributed by atoms with Crippen molar-refractivity contribution in [1.29, 1.82) is 0 Å². The second kappa shape index (κ2) is 6.07. The van der Waals surface area contributed by atoms with E-state index < -0.39 is 0 Å². The molecule has 0 saturated carbocycles. The first kappa shape index (κ1) is 13.9. The molecule has 0 saturated heterocycles. The highest BCUT2D eigenvalue weighted by Crippen LogP contribution is 2.19. The van der Waals surface area contributed by atoms with Gasteiger partial charge in [0.05, 0.1) is 0 Å². The molecule has 0 amide bonds. The van der Waals surface area contributed by atoms with Crippen molar-refractivity contribution in [2.45, 2.75) is 39.8 Å².